The number of pyridine rings is 1. The summed E-state index contributed by atoms with van der Waals surface area (Å²) in [6, 6.07) is 14.8. The van der Waals surface area contributed by atoms with Gasteiger partial charge in [-0.15, -0.1) is 0 Å². The van der Waals surface area contributed by atoms with E-state index in [0.29, 0.717) is 35.1 Å². The molecule has 2 aromatic carbocycles. The highest BCUT2D eigenvalue weighted by Gasteiger charge is 2.31. The molecule has 0 fully saturated rings. The van der Waals surface area contributed by atoms with Gasteiger partial charge in [0.25, 0.3) is 0 Å². The fourth-order valence-corrected chi connectivity index (χ4v) is 3.69. The molecular weight excluding hydrogens is 429 g/mol. The number of aromatic nitrogens is 3. The third-order valence-electron chi connectivity index (χ3n) is 5.68. The molecule has 1 N–H and O–H groups in total. The van der Waals surface area contributed by atoms with Crippen molar-refractivity contribution in [2.75, 3.05) is 12.4 Å². The lowest BCUT2D eigenvalue weighted by Gasteiger charge is -2.16. The van der Waals surface area contributed by atoms with E-state index >= 15 is 0 Å². The molecule has 0 saturated carbocycles. The van der Waals surface area contributed by atoms with E-state index in [4.69, 9.17) is 4.52 Å². The molecule has 0 saturated heterocycles. The Morgan fingerprint density at radius 1 is 1.00 bits per heavy atom. The van der Waals surface area contributed by atoms with Crippen LogP contribution in [0.4, 0.5) is 19.0 Å². The molecular formula is C25H23F3N4O. The van der Waals surface area contributed by atoms with Crippen LogP contribution in [0.2, 0.25) is 0 Å². The van der Waals surface area contributed by atoms with Crippen molar-refractivity contribution in [2.24, 2.45) is 0 Å². The van der Waals surface area contributed by atoms with Crippen molar-refractivity contribution in [2.45, 2.75) is 32.4 Å². The molecule has 4 rings (SSSR count). The lowest BCUT2D eigenvalue weighted by Crippen LogP contribution is -2.09. The Balaban J connectivity index is 1.74. The number of nitrogens with one attached hydrogen (secondary N) is 1. The molecule has 4 aromatic rings. The highest BCUT2D eigenvalue weighted by molar-refractivity contribution is 5.69. The number of hydrogen-bond acceptors (Lipinski definition) is 5. The molecule has 33 heavy (non-hydrogen) atoms. The van der Waals surface area contributed by atoms with Gasteiger partial charge in [0.05, 0.1) is 17.0 Å². The molecule has 0 bridgehead atoms. The van der Waals surface area contributed by atoms with Gasteiger partial charge in [0.2, 0.25) is 11.7 Å². The molecule has 1 atom stereocenters. The quantitative estimate of drug-likeness (QED) is 0.378. The predicted molar refractivity (Wildman–Crippen MR) is 120 cm³/mol. The number of hydrogen-bond donors (Lipinski definition) is 1. The van der Waals surface area contributed by atoms with E-state index in [0.717, 1.165) is 23.3 Å². The molecule has 0 aliphatic carbocycles. The van der Waals surface area contributed by atoms with Gasteiger partial charge < -0.3 is 9.84 Å². The zero-order chi connectivity index (χ0) is 23.6. The highest BCUT2D eigenvalue weighted by Crippen LogP contribution is 2.34. The van der Waals surface area contributed by atoms with Crippen LogP contribution in [0.25, 0.3) is 11.4 Å². The molecule has 0 aliphatic heterocycles. The standard InChI is InChI=1S/C25H23F3N4O/c1-15-6-7-17(13-16(15)2)14-21(18-8-10-19(11-9-18)25(26,27)28)24-31-23(32-33-24)20-5-4-12-30-22(20)29-3/h4-13,21H,14H2,1-3H3,(H,29,30). The predicted octanol–water partition coefficient (Wildman–Crippen LogP) is 6.18. The first-order valence-electron chi connectivity index (χ1n) is 10.5. The SMILES string of the molecule is CNc1ncccc1-c1noc(C(Cc2ccc(C)c(C)c2)c2ccc(C(F)(F)F)cc2)n1. The van der Waals surface area contributed by atoms with Crippen molar-refractivity contribution in [3.63, 3.8) is 0 Å². The van der Waals surface area contributed by atoms with E-state index in [1.807, 2.05) is 32.0 Å². The van der Waals surface area contributed by atoms with Gasteiger partial charge in [0.15, 0.2) is 0 Å². The smallest absolute Gasteiger partial charge is 0.373 e. The topological polar surface area (TPSA) is 63.8 Å². The molecule has 8 heteroatoms. The average Bonchev–Trinajstić information content (AvgIpc) is 3.29. The van der Waals surface area contributed by atoms with Gasteiger partial charge in [-0.2, -0.15) is 18.2 Å². The van der Waals surface area contributed by atoms with E-state index in [9.17, 15) is 13.2 Å². The van der Waals surface area contributed by atoms with E-state index in [1.54, 1.807) is 19.3 Å². The van der Waals surface area contributed by atoms with Crippen molar-refractivity contribution >= 4 is 5.82 Å². The largest absolute Gasteiger partial charge is 0.416 e. The summed E-state index contributed by atoms with van der Waals surface area (Å²) < 4.78 is 44.9. The number of benzene rings is 2. The lowest BCUT2D eigenvalue weighted by molar-refractivity contribution is -0.137. The zero-order valence-electron chi connectivity index (χ0n) is 18.4. The fourth-order valence-electron chi connectivity index (χ4n) is 3.69. The molecule has 170 valence electrons. The van der Waals surface area contributed by atoms with Gasteiger partial charge in [0.1, 0.15) is 5.82 Å². The van der Waals surface area contributed by atoms with Crippen LogP contribution in [0.5, 0.6) is 0 Å². The Hall–Kier alpha value is -3.68. The van der Waals surface area contributed by atoms with E-state index in [1.165, 1.54) is 17.7 Å². The third kappa shape index (κ3) is 4.89. The summed E-state index contributed by atoms with van der Waals surface area (Å²) in [5, 5.41) is 7.12. The molecule has 0 spiro atoms. The Kier molecular flexibility index (Phi) is 6.18. The Morgan fingerprint density at radius 2 is 1.76 bits per heavy atom. The van der Waals surface area contributed by atoms with Crippen molar-refractivity contribution < 1.29 is 17.7 Å². The number of anilines is 1. The number of aryl methyl sites for hydroxylation is 2. The van der Waals surface area contributed by atoms with Crippen LogP contribution in [0, 0.1) is 13.8 Å². The molecule has 5 nitrogen and oxygen atoms in total. The first kappa shape index (κ1) is 22.5. The number of halogens is 3. The summed E-state index contributed by atoms with van der Waals surface area (Å²) in [5.74, 6) is 0.878. The summed E-state index contributed by atoms with van der Waals surface area (Å²) in [4.78, 5) is 8.86. The van der Waals surface area contributed by atoms with E-state index < -0.39 is 17.7 Å². The maximum atomic E-state index is 13.1. The monoisotopic (exact) mass is 452 g/mol. The van der Waals surface area contributed by atoms with Gasteiger partial charge in [-0.05, 0) is 66.8 Å². The highest BCUT2D eigenvalue weighted by atomic mass is 19.4. The molecule has 1 unspecified atom stereocenters. The Labute approximate surface area is 189 Å². The molecule has 0 radical (unpaired) electrons. The number of alkyl halides is 3. The summed E-state index contributed by atoms with van der Waals surface area (Å²) in [6.07, 6.45) is -2.25. The third-order valence-corrected chi connectivity index (χ3v) is 5.68. The first-order valence-corrected chi connectivity index (χ1v) is 10.5. The van der Waals surface area contributed by atoms with Gasteiger partial charge in [-0.3, -0.25) is 0 Å². The van der Waals surface area contributed by atoms with E-state index in [-0.39, 0.29) is 0 Å². The molecule has 2 aromatic heterocycles. The maximum Gasteiger partial charge on any atom is 0.416 e. The second-order valence-electron chi connectivity index (χ2n) is 7.90. The van der Waals surface area contributed by atoms with Gasteiger partial charge >= 0.3 is 6.18 Å². The second-order valence-corrected chi connectivity index (χ2v) is 7.90. The lowest BCUT2D eigenvalue weighted by atomic mass is 9.90. The summed E-state index contributed by atoms with van der Waals surface area (Å²) in [6.45, 7) is 4.06. The van der Waals surface area contributed by atoms with Crippen molar-refractivity contribution in [1.29, 1.82) is 0 Å². The Morgan fingerprint density at radius 3 is 2.42 bits per heavy atom. The maximum absolute atomic E-state index is 13.1. The van der Waals surface area contributed by atoms with Gasteiger partial charge in [-0.1, -0.05) is 35.5 Å². The van der Waals surface area contributed by atoms with Crippen LogP contribution in [-0.4, -0.2) is 22.2 Å². The van der Waals surface area contributed by atoms with Crippen LogP contribution in [0.1, 0.15) is 39.6 Å². The fraction of sp³-hybridized carbons (Fsp3) is 0.240. The van der Waals surface area contributed by atoms with Crippen LogP contribution in [0.15, 0.2) is 65.3 Å². The molecule has 2 heterocycles. The summed E-state index contributed by atoms with van der Waals surface area (Å²) in [5.41, 5.74) is 3.97. The van der Waals surface area contributed by atoms with Crippen molar-refractivity contribution in [3.05, 3.63) is 94.5 Å². The minimum Gasteiger partial charge on any atom is -0.373 e. The van der Waals surface area contributed by atoms with Crippen LogP contribution < -0.4 is 5.32 Å². The minimum absolute atomic E-state index is 0.328. The minimum atomic E-state index is -4.40. The van der Waals surface area contributed by atoms with Gasteiger partial charge in [-0.25, -0.2) is 4.98 Å². The average molecular weight is 452 g/mol. The zero-order valence-corrected chi connectivity index (χ0v) is 18.4. The van der Waals surface area contributed by atoms with Crippen LogP contribution in [0.3, 0.4) is 0 Å². The first-order chi connectivity index (χ1) is 15.8. The molecule has 0 amide bonds. The van der Waals surface area contributed by atoms with Crippen LogP contribution in [-0.2, 0) is 12.6 Å². The summed E-state index contributed by atoms with van der Waals surface area (Å²) in [7, 11) is 1.75. The molecule has 0 aliphatic rings. The normalized spacial score (nSPS) is 12.5. The summed E-state index contributed by atoms with van der Waals surface area (Å²) >= 11 is 0. The van der Waals surface area contributed by atoms with Gasteiger partial charge in [0, 0.05) is 13.2 Å². The number of rotatable bonds is 6. The van der Waals surface area contributed by atoms with Crippen molar-refractivity contribution in [3.8, 4) is 11.4 Å². The van der Waals surface area contributed by atoms with Crippen LogP contribution >= 0.6 is 0 Å². The van der Waals surface area contributed by atoms with E-state index in [2.05, 4.69) is 26.5 Å². The second kappa shape index (κ2) is 9.05. The number of nitrogens with zero attached hydrogens (tertiary/aromatic N) is 3. The van der Waals surface area contributed by atoms with Crippen molar-refractivity contribution in [1.82, 2.24) is 15.1 Å². The Bertz CT molecular complexity index is 1250.